The van der Waals surface area contributed by atoms with E-state index in [-0.39, 0.29) is 42.7 Å². The van der Waals surface area contributed by atoms with Crippen LogP contribution in [0.25, 0.3) is 0 Å². The Kier molecular flexibility index (Phi) is 8.44. The summed E-state index contributed by atoms with van der Waals surface area (Å²) in [4.78, 5) is 15.3. The number of likely N-dealkylation sites (tertiary alicyclic amines) is 1. The second-order valence-electron chi connectivity index (χ2n) is 8.15. The third-order valence-corrected chi connectivity index (χ3v) is 6.64. The molecule has 3 aliphatic rings. The van der Waals surface area contributed by atoms with Crippen molar-refractivity contribution in [1.29, 1.82) is 0 Å². The highest BCUT2D eigenvalue weighted by molar-refractivity contribution is 5.85. The van der Waals surface area contributed by atoms with E-state index >= 15 is 0 Å². The molecule has 0 aromatic heterocycles. The number of ether oxygens (including phenoxy) is 1. The standard InChI is InChI=1S/C21H31N3O2.2ClH/c1-26-17-6-4-5-16(13-17)19(24-11-2-3-12-24)15-23-20(25)18-14-21(18)7-9-22-10-8-21;;/h4-6,13,18-19,22H,2-3,7-12,14-15H2,1H3,(H,23,25);2*1H. The second-order valence-corrected chi connectivity index (χ2v) is 8.15. The van der Waals surface area contributed by atoms with Crippen LogP contribution in [0, 0.1) is 11.3 Å². The first-order valence-corrected chi connectivity index (χ1v) is 10.1. The van der Waals surface area contributed by atoms with Crippen molar-refractivity contribution in [3.63, 3.8) is 0 Å². The summed E-state index contributed by atoms with van der Waals surface area (Å²) in [6.07, 6.45) is 5.86. The largest absolute Gasteiger partial charge is 0.497 e. The van der Waals surface area contributed by atoms with Gasteiger partial charge in [-0.1, -0.05) is 12.1 Å². The number of benzene rings is 1. The van der Waals surface area contributed by atoms with Crippen molar-refractivity contribution >= 4 is 30.7 Å². The molecule has 1 spiro atoms. The van der Waals surface area contributed by atoms with E-state index in [1.54, 1.807) is 7.11 Å². The van der Waals surface area contributed by atoms with Crippen molar-refractivity contribution in [2.45, 2.75) is 38.1 Å². The molecule has 1 aliphatic carbocycles. The number of piperidine rings is 1. The number of carbonyl (C=O) groups excluding carboxylic acids is 1. The molecule has 2 atom stereocenters. The molecule has 5 nitrogen and oxygen atoms in total. The van der Waals surface area contributed by atoms with Crippen LogP contribution in [0.4, 0.5) is 0 Å². The topological polar surface area (TPSA) is 53.6 Å². The second kappa shape index (κ2) is 10.1. The van der Waals surface area contributed by atoms with Gasteiger partial charge in [-0.2, -0.15) is 0 Å². The number of hydrogen-bond acceptors (Lipinski definition) is 4. The first kappa shape index (κ1) is 23.3. The fourth-order valence-corrected chi connectivity index (χ4v) is 4.88. The summed E-state index contributed by atoms with van der Waals surface area (Å²) in [5.41, 5.74) is 1.54. The number of rotatable bonds is 6. The highest BCUT2D eigenvalue weighted by atomic mass is 35.5. The monoisotopic (exact) mass is 429 g/mol. The van der Waals surface area contributed by atoms with Gasteiger partial charge in [-0.15, -0.1) is 24.8 Å². The molecular formula is C21H33Cl2N3O2. The molecule has 2 heterocycles. The lowest BCUT2D eigenvalue weighted by molar-refractivity contribution is -0.123. The molecule has 2 saturated heterocycles. The summed E-state index contributed by atoms with van der Waals surface area (Å²) in [6.45, 7) is 5.03. The van der Waals surface area contributed by atoms with E-state index in [1.807, 2.05) is 12.1 Å². The van der Waals surface area contributed by atoms with Crippen molar-refractivity contribution in [3.8, 4) is 5.75 Å². The van der Waals surface area contributed by atoms with Crippen molar-refractivity contribution in [2.24, 2.45) is 11.3 Å². The average molecular weight is 430 g/mol. The fraction of sp³-hybridized carbons (Fsp3) is 0.667. The molecule has 1 aromatic rings. The molecule has 3 fully saturated rings. The molecule has 2 aliphatic heterocycles. The summed E-state index contributed by atoms with van der Waals surface area (Å²) in [7, 11) is 1.71. The molecule has 0 radical (unpaired) electrons. The molecule has 1 amide bonds. The van der Waals surface area contributed by atoms with Crippen molar-refractivity contribution in [2.75, 3.05) is 39.8 Å². The van der Waals surface area contributed by atoms with Gasteiger partial charge in [-0.25, -0.2) is 0 Å². The zero-order valence-electron chi connectivity index (χ0n) is 16.6. The summed E-state index contributed by atoms with van der Waals surface area (Å²) in [6, 6.07) is 8.53. The minimum absolute atomic E-state index is 0. The van der Waals surface area contributed by atoms with E-state index in [0.717, 1.165) is 51.2 Å². The first-order valence-electron chi connectivity index (χ1n) is 10.1. The van der Waals surface area contributed by atoms with Gasteiger partial charge in [-0.3, -0.25) is 9.69 Å². The molecular weight excluding hydrogens is 397 g/mol. The maximum atomic E-state index is 12.8. The minimum atomic E-state index is 0. The van der Waals surface area contributed by atoms with Gasteiger partial charge < -0.3 is 15.4 Å². The molecule has 0 bridgehead atoms. The molecule has 28 heavy (non-hydrogen) atoms. The number of nitrogens with zero attached hydrogens (tertiary/aromatic N) is 1. The molecule has 7 heteroatoms. The summed E-state index contributed by atoms with van der Waals surface area (Å²) in [5.74, 6) is 1.38. The third-order valence-electron chi connectivity index (χ3n) is 6.64. The zero-order chi connectivity index (χ0) is 18.0. The zero-order valence-corrected chi connectivity index (χ0v) is 18.2. The van der Waals surface area contributed by atoms with Crippen LogP contribution in [0.15, 0.2) is 24.3 Å². The van der Waals surface area contributed by atoms with Gasteiger partial charge >= 0.3 is 0 Å². The van der Waals surface area contributed by atoms with Crippen LogP contribution in [0.1, 0.15) is 43.7 Å². The normalized spacial score (nSPS) is 24.0. The van der Waals surface area contributed by atoms with Gasteiger partial charge in [0, 0.05) is 12.5 Å². The summed E-state index contributed by atoms with van der Waals surface area (Å²) >= 11 is 0. The Hall–Kier alpha value is -1.01. The van der Waals surface area contributed by atoms with Crippen LogP contribution in [0.5, 0.6) is 5.75 Å². The summed E-state index contributed by atoms with van der Waals surface area (Å²) < 4.78 is 5.40. The van der Waals surface area contributed by atoms with Crippen LogP contribution in [0.3, 0.4) is 0 Å². The molecule has 1 saturated carbocycles. The number of hydrogen-bond donors (Lipinski definition) is 2. The van der Waals surface area contributed by atoms with Gasteiger partial charge in [0.25, 0.3) is 0 Å². The Morgan fingerprint density at radius 2 is 2.00 bits per heavy atom. The highest BCUT2D eigenvalue weighted by Crippen LogP contribution is 2.58. The molecule has 4 rings (SSSR count). The number of carbonyl (C=O) groups is 1. The number of halogens is 2. The van der Waals surface area contributed by atoms with Crippen molar-refractivity contribution in [1.82, 2.24) is 15.5 Å². The highest BCUT2D eigenvalue weighted by Gasteiger charge is 2.57. The Labute approximate surface area is 180 Å². The van der Waals surface area contributed by atoms with Crippen LogP contribution < -0.4 is 15.4 Å². The minimum Gasteiger partial charge on any atom is -0.497 e. The smallest absolute Gasteiger partial charge is 0.223 e. The van der Waals surface area contributed by atoms with Gasteiger partial charge in [0.05, 0.1) is 13.2 Å². The van der Waals surface area contributed by atoms with Crippen LogP contribution in [0.2, 0.25) is 0 Å². The lowest BCUT2D eigenvalue weighted by atomic mass is 9.91. The van der Waals surface area contributed by atoms with E-state index in [1.165, 1.54) is 18.4 Å². The molecule has 2 N–H and O–H groups in total. The Bertz CT molecular complexity index is 646. The Balaban J connectivity index is 0.00000140. The maximum absolute atomic E-state index is 12.8. The van der Waals surface area contributed by atoms with E-state index in [2.05, 4.69) is 27.7 Å². The number of nitrogens with one attached hydrogen (secondary N) is 2. The average Bonchev–Trinajstić information content (AvgIpc) is 3.11. The number of methoxy groups -OCH3 is 1. The molecule has 2 unspecified atom stereocenters. The number of amides is 1. The third kappa shape index (κ3) is 4.93. The first-order chi connectivity index (χ1) is 12.7. The van der Waals surface area contributed by atoms with Crippen molar-refractivity contribution in [3.05, 3.63) is 29.8 Å². The van der Waals surface area contributed by atoms with Crippen LogP contribution in [-0.4, -0.2) is 50.6 Å². The summed E-state index contributed by atoms with van der Waals surface area (Å²) in [5, 5.41) is 6.70. The van der Waals surface area contributed by atoms with Crippen LogP contribution >= 0.6 is 24.8 Å². The Morgan fingerprint density at radius 1 is 1.29 bits per heavy atom. The Morgan fingerprint density at radius 3 is 2.68 bits per heavy atom. The van der Waals surface area contributed by atoms with Gasteiger partial charge in [0.1, 0.15) is 5.75 Å². The maximum Gasteiger partial charge on any atom is 0.223 e. The quantitative estimate of drug-likeness (QED) is 0.728. The molecule has 158 valence electrons. The van der Waals surface area contributed by atoms with E-state index in [4.69, 9.17) is 4.74 Å². The lowest BCUT2D eigenvalue weighted by Crippen LogP contribution is -2.39. The van der Waals surface area contributed by atoms with E-state index < -0.39 is 0 Å². The predicted molar refractivity (Wildman–Crippen MR) is 117 cm³/mol. The van der Waals surface area contributed by atoms with Crippen molar-refractivity contribution < 1.29 is 9.53 Å². The van der Waals surface area contributed by atoms with E-state index in [0.29, 0.717) is 12.0 Å². The van der Waals surface area contributed by atoms with Gasteiger partial charge in [-0.05, 0) is 81.4 Å². The van der Waals surface area contributed by atoms with Crippen LogP contribution in [-0.2, 0) is 4.79 Å². The van der Waals surface area contributed by atoms with Gasteiger partial charge in [0.15, 0.2) is 0 Å². The fourth-order valence-electron chi connectivity index (χ4n) is 4.88. The van der Waals surface area contributed by atoms with E-state index in [9.17, 15) is 4.79 Å². The lowest BCUT2D eigenvalue weighted by Gasteiger charge is -2.29. The SMILES string of the molecule is COc1cccc(C(CNC(=O)C2CC23CCNCC3)N2CCCC2)c1.Cl.Cl. The molecule has 1 aromatic carbocycles. The van der Waals surface area contributed by atoms with Gasteiger partial charge in [0.2, 0.25) is 5.91 Å². The predicted octanol–water partition coefficient (Wildman–Crippen LogP) is 3.18.